The van der Waals surface area contributed by atoms with Crippen LogP contribution in [0.25, 0.3) is 11.0 Å². The Morgan fingerprint density at radius 3 is 2.36 bits per heavy atom. The molecule has 0 saturated carbocycles. The number of aryl methyl sites for hydroxylation is 1. The second-order valence-corrected chi connectivity index (χ2v) is 8.05. The zero-order chi connectivity index (χ0) is 22.5. The summed E-state index contributed by atoms with van der Waals surface area (Å²) in [6, 6.07) is 14.5. The van der Waals surface area contributed by atoms with Gasteiger partial charge in [0.15, 0.2) is 5.96 Å². The molecule has 1 saturated heterocycles. The number of furan rings is 1. The normalized spacial score (nSPS) is 14.7. The summed E-state index contributed by atoms with van der Waals surface area (Å²) in [5.74, 6) is 3.36. The van der Waals surface area contributed by atoms with Gasteiger partial charge < -0.3 is 29.4 Å². The molecule has 0 radical (unpaired) electrons. The number of piperidine rings is 1. The fourth-order valence-corrected chi connectivity index (χ4v) is 4.20. The maximum atomic E-state index is 6.01. The molecule has 0 amide bonds. The van der Waals surface area contributed by atoms with Crippen molar-refractivity contribution in [2.75, 3.05) is 39.3 Å². The predicted molar refractivity (Wildman–Crippen MR) is 144 cm³/mol. The number of guanidine groups is 1. The highest BCUT2D eigenvalue weighted by Gasteiger charge is 2.21. The highest BCUT2D eigenvalue weighted by Crippen LogP contribution is 2.30. The van der Waals surface area contributed by atoms with E-state index in [1.165, 1.54) is 5.56 Å². The highest BCUT2D eigenvalue weighted by molar-refractivity contribution is 14.0. The van der Waals surface area contributed by atoms with Gasteiger partial charge in [-0.15, -0.1) is 24.0 Å². The molecular formula is C25H33IN4O3. The number of para-hydroxylation sites is 1. The van der Waals surface area contributed by atoms with Gasteiger partial charge >= 0.3 is 0 Å². The molecule has 2 heterocycles. The van der Waals surface area contributed by atoms with Gasteiger partial charge in [-0.05, 0) is 25.8 Å². The Labute approximate surface area is 212 Å². The lowest BCUT2D eigenvalue weighted by molar-refractivity contribution is 0.393. The lowest BCUT2D eigenvalue weighted by Crippen LogP contribution is -2.48. The Kier molecular flexibility index (Phi) is 8.71. The number of anilines is 1. The maximum absolute atomic E-state index is 6.01. The first-order valence-corrected chi connectivity index (χ1v) is 11.0. The molecule has 4 rings (SSSR count). The molecule has 0 atom stereocenters. The molecule has 0 spiro atoms. The van der Waals surface area contributed by atoms with Crippen molar-refractivity contribution in [3.05, 3.63) is 53.8 Å². The number of methoxy groups -OCH3 is 2. The molecule has 0 bridgehead atoms. The van der Waals surface area contributed by atoms with Gasteiger partial charge in [0.25, 0.3) is 0 Å². The van der Waals surface area contributed by atoms with Crippen molar-refractivity contribution in [3.63, 3.8) is 0 Å². The number of hydrogen-bond donors (Lipinski definition) is 2. The van der Waals surface area contributed by atoms with Crippen molar-refractivity contribution in [3.8, 4) is 11.5 Å². The van der Waals surface area contributed by atoms with E-state index >= 15 is 0 Å². The molecule has 2 aromatic carbocycles. The lowest BCUT2D eigenvalue weighted by atomic mass is 10.0. The minimum atomic E-state index is 0. The summed E-state index contributed by atoms with van der Waals surface area (Å²) in [5.41, 5.74) is 3.22. The Morgan fingerprint density at radius 1 is 1.09 bits per heavy atom. The molecular weight excluding hydrogens is 531 g/mol. The van der Waals surface area contributed by atoms with E-state index in [-0.39, 0.29) is 24.0 Å². The molecule has 3 aromatic rings. The average Bonchev–Trinajstić information content (AvgIpc) is 3.17. The number of fused-ring (bicyclic) bond motifs is 1. The van der Waals surface area contributed by atoms with Crippen molar-refractivity contribution in [2.24, 2.45) is 4.99 Å². The smallest absolute Gasteiger partial charge is 0.191 e. The van der Waals surface area contributed by atoms with Gasteiger partial charge in [0.1, 0.15) is 22.8 Å². The third kappa shape index (κ3) is 5.85. The summed E-state index contributed by atoms with van der Waals surface area (Å²) in [4.78, 5) is 6.78. The molecule has 1 aliphatic heterocycles. The van der Waals surface area contributed by atoms with E-state index in [1.54, 1.807) is 21.3 Å². The molecule has 0 aliphatic carbocycles. The Bertz CT molecular complexity index is 1070. The van der Waals surface area contributed by atoms with Gasteiger partial charge in [-0.2, -0.15) is 0 Å². The Hall–Kier alpha value is -2.62. The Balaban J connectivity index is 0.00000306. The summed E-state index contributed by atoms with van der Waals surface area (Å²) >= 11 is 0. The van der Waals surface area contributed by atoms with Crippen LogP contribution in [0.2, 0.25) is 0 Å². The lowest BCUT2D eigenvalue weighted by Gasteiger charge is -2.34. The number of ether oxygens (including phenoxy) is 2. The van der Waals surface area contributed by atoms with E-state index in [2.05, 4.69) is 45.6 Å². The third-order valence-electron chi connectivity index (χ3n) is 6.12. The van der Waals surface area contributed by atoms with Gasteiger partial charge in [0.05, 0.1) is 20.8 Å². The first-order chi connectivity index (χ1) is 15.6. The maximum Gasteiger partial charge on any atom is 0.191 e. The summed E-state index contributed by atoms with van der Waals surface area (Å²) in [6.07, 6.45) is 2.04. The number of aliphatic imine (C=N–C) groups is 1. The minimum absolute atomic E-state index is 0. The number of benzene rings is 2. The van der Waals surface area contributed by atoms with Crippen LogP contribution >= 0.6 is 24.0 Å². The minimum Gasteiger partial charge on any atom is -0.497 e. The summed E-state index contributed by atoms with van der Waals surface area (Å²) in [6.45, 7) is 4.60. The van der Waals surface area contributed by atoms with Crippen molar-refractivity contribution in [1.82, 2.24) is 10.6 Å². The number of nitrogens with zero attached hydrogens (tertiary/aromatic N) is 2. The zero-order valence-corrected chi connectivity index (χ0v) is 22.0. The quantitative estimate of drug-likeness (QED) is 0.257. The number of halogens is 1. The van der Waals surface area contributed by atoms with Crippen LogP contribution in [0.3, 0.4) is 0 Å². The van der Waals surface area contributed by atoms with Crippen LogP contribution in [0.5, 0.6) is 11.5 Å². The van der Waals surface area contributed by atoms with E-state index in [9.17, 15) is 0 Å². The monoisotopic (exact) mass is 564 g/mol. The van der Waals surface area contributed by atoms with Crippen molar-refractivity contribution in [2.45, 2.75) is 32.4 Å². The van der Waals surface area contributed by atoms with E-state index in [1.807, 2.05) is 24.3 Å². The summed E-state index contributed by atoms with van der Waals surface area (Å²) < 4.78 is 16.8. The molecule has 1 aromatic heterocycles. The van der Waals surface area contributed by atoms with Crippen LogP contribution in [-0.4, -0.2) is 46.4 Å². The van der Waals surface area contributed by atoms with Crippen molar-refractivity contribution < 1.29 is 13.9 Å². The van der Waals surface area contributed by atoms with Crippen LogP contribution in [-0.2, 0) is 6.54 Å². The van der Waals surface area contributed by atoms with Crippen molar-refractivity contribution in [1.29, 1.82) is 0 Å². The molecule has 1 fully saturated rings. The number of hydrogen-bond acceptors (Lipinski definition) is 5. The molecule has 33 heavy (non-hydrogen) atoms. The van der Waals surface area contributed by atoms with E-state index < -0.39 is 0 Å². The van der Waals surface area contributed by atoms with Crippen LogP contribution in [0.4, 0.5) is 5.69 Å². The molecule has 7 nitrogen and oxygen atoms in total. The SMILES string of the molecule is CN=C(NCc1oc2ccccc2c1C)NC1CCN(c2cc(OC)cc(OC)c2)CC1.I. The second-order valence-electron chi connectivity index (χ2n) is 8.05. The number of rotatable bonds is 6. The topological polar surface area (TPSA) is 71.3 Å². The zero-order valence-electron chi connectivity index (χ0n) is 19.7. The average molecular weight is 564 g/mol. The number of nitrogens with one attached hydrogen (secondary N) is 2. The fraction of sp³-hybridized carbons (Fsp3) is 0.400. The second kappa shape index (κ2) is 11.5. The summed E-state index contributed by atoms with van der Waals surface area (Å²) in [5, 5.41) is 8.13. The van der Waals surface area contributed by atoms with Gasteiger partial charge in [-0.3, -0.25) is 4.99 Å². The standard InChI is InChI=1S/C25H32N4O3.HI/c1-17-22-7-5-6-8-23(22)32-24(17)16-27-25(26-2)28-18-9-11-29(12-10-18)19-13-20(30-3)15-21(14-19)31-4;/h5-8,13-15,18H,9-12,16H2,1-4H3,(H2,26,27,28);1H. The van der Waals surface area contributed by atoms with E-state index in [4.69, 9.17) is 13.9 Å². The van der Waals surface area contributed by atoms with E-state index in [0.717, 1.165) is 65.8 Å². The first kappa shape index (κ1) is 25.0. The van der Waals surface area contributed by atoms with Crippen molar-refractivity contribution >= 4 is 46.6 Å². The Morgan fingerprint density at radius 2 is 1.76 bits per heavy atom. The van der Waals surface area contributed by atoms with E-state index in [0.29, 0.717) is 12.6 Å². The van der Waals surface area contributed by atoms with Gasteiger partial charge in [-0.25, -0.2) is 0 Å². The first-order valence-electron chi connectivity index (χ1n) is 11.0. The fourth-order valence-electron chi connectivity index (χ4n) is 4.20. The molecule has 2 N–H and O–H groups in total. The van der Waals surface area contributed by atoms with Crippen LogP contribution in [0, 0.1) is 6.92 Å². The predicted octanol–water partition coefficient (Wildman–Crippen LogP) is 4.71. The van der Waals surface area contributed by atoms with Crippen LogP contribution in [0.1, 0.15) is 24.2 Å². The van der Waals surface area contributed by atoms with Gasteiger partial charge in [-0.1, -0.05) is 18.2 Å². The molecule has 0 unspecified atom stereocenters. The van der Waals surface area contributed by atoms with Gasteiger partial charge in [0.2, 0.25) is 0 Å². The van der Waals surface area contributed by atoms with Crippen LogP contribution < -0.4 is 25.0 Å². The molecule has 1 aliphatic rings. The third-order valence-corrected chi connectivity index (χ3v) is 6.12. The molecule has 8 heteroatoms. The molecule has 178 valence electrons. The largest absolute Gasteiger partial charge is 0.497 e. The van der Waals surface area contributed by atoms with Crippen LogP contribution in [0.15, 0.2) is 51.9 Å². The van der Waals surface area contributed by atoms with Gasteiger partial charge in [0, 0.05) is 61.0 Å². The highest BCUT2D eigenvalue weighted by atomic mass is 127. The summed E-state index contributed by atoms with van der Waals surface area (Å²) in [7, 11) is 5.17.